The fraction of sp³-hybridized carbons (Fsp3) is 0.429. The fourth-order valence-corrected chi connectivity index (χ4v) is 2.28. The Morgan fingerprint density at radius 1 is 1.37 bits per heavy atom. The Kier molecular flexibility index (Phi) is 3.21. The molecule has 3 heterocycles. The van der Waals surface area contributed by atoms with Crippen LogP contribution in [0.4, 0.5) is 5.82 Å². The normalized spacial score (nSPS) is 14.2. The molecule has 100 valence electrons. The summed E-state index contributed by atoms with van der Waals surface area (Å²) in [6, 6.07) is 1.91. The van der Waals surface area contributed by atoms with Gasteiger partial charge in [-0.15, -0.1) is 0 Å². The number of furan rings is 1. The Balaban J connectivity index is 2.11. The van der Waals surface area contributed by atoms with E-state index in [2.05, 4.69) is 22.2 Å². The van der Waals surface area contributed by atoms with E-state index >= 15 is 0 Å². The second-order valence-corrected chi connectivity index (χ2v) is 4.54. The van der Waals surface area contributed by atoms with Crippen LogP contribution in [-0.2, 0) is 17.8 Å². The van der Waals surface area contributed by atoms with E-state index in [-0.39, 0.29) is 0 Å². The lowest BCUT2D eigenvalue weighted by Crippen LogP contribution is -2.17. The highest BCUT2D eigenvalue weighted by Gasteiger charge is 2.19. The third kappa shape index (κ3) is 2.21. The van der Waals surface area contributed by atoms with Gasteiger partial charge in [0.05, 0.1) is 30.7 Å². The highest BCUT2D eigenvalue weighted by atomic mass is 16.5. The summed E-state index contributed by atoms with van der Waals surface area (Å²) < 4.78 is 10.8. The van der Waals surface area contributed by atoms with E-state index in [0.717, 1.165) is 53.8 Å². The van der Waals surface area contributed by atoms with Crippen molar-refractivity contribution in [1.29, 1.82) is 0 Å². The number of nitrogens with zero attached hydrogens (tertiary/aromatic N) is 2. The minimum absolute atomic E-state index is 0.586. The maximum absolute atomic E-state index is 5.50. The summed E-state index contributed by atoms with van der Waals surface area (Å²) in [6.07, 6.45) is 2.50. The molecule has 0 aromatic carbocycles. The topological polar surface area (TPSA) is 60.2 Å². The van der Waals surface area contributed by atoms with Gasteiger partial charge in [0.1, 0.15) is 11.6 Å². The molecule has 0 spiro atoms. The number of aromatic nitrogens is 2. The first-order valence-corrected chi connectivity index (χ1v) is 6.55. The van der Waals surface area contributed by atoms with Gasteiger partial charge in [0, 0.05) is 18.5 Å². The zero-order chi connectivity index (χ0) is 13.2. The van der Waals surface area contributed by atoms with Crippen LogP contribution in [0, 0.1) is 6.92 Å². The Hall–Kier alpha value is -1.88. The quantitative estimate of drug-likeness (QED) is 0.917. The SMILES string of the molecule is CCNc1nc(-c2ccoc2C)nc2c1COCC2. The number of fused-ring (bicyclic) bond motifs is 1. The van der Waals surface area contributed by atoms with Crippen molar-refractivity contribution in [3.63, 3.8) is 0 Å². The van der Waals surface area contributed by atoms with Gasteiger partial charge in [-0.2, -0.15) is 0 Å². The van der Waals surface area contributed by atoms with Crippen LogP contribution < -0.4 is 5.32 Å². The summed E-state index contributed by atoms with van der Waals surface area (Å²) in [6.45, 7) is 6.12. The number of aryl methyl sites for hydroxylation is 1. The van der Waals surface area contributed by atoms with Crippen molar-refractivity contribution in [2.24, 2.45) is 0 Å². The maximum Gasteiger partial charge on any atom is 0.165 e. The number of hydrogen-bond acceptors (Lipinski definition) is 5. The molecule has 2 aromatic heterocycles. The predicted octanol–water partition coefficient (Wildman–Crippen LogP) is 2.55. The van der Waals surface area contributed by atoms with E-state index in [1.807, 2.05) is 13.0 Å². The average molecular weight is 259 g/mol. The van der Waals surface area contributed by atoms with Gasteiger partial charge in [-0.1, -0.05) is 0 Å². The molecule has 0 fully saturated rings. The zero-order valence-electron chi connectivity index (χ0n) is 11.2. The number of nitrogens with one attached hydrogen (secondary N) is 1. The molecule has 1 aliphatic rings. The Bertz CT molecular complexity index is 592. The summed E-state index contributed by atoms with van der Waals surface area (Å²) >= 11 is 0. The predicted molar refractivity (Wildman–Crippen MR) is 72.0 cm³/mol. The summed E-state index contributed by atoms with van der Waals surface area (Å²) in [4.78, 5) is 9.29. The van der Waals surface area contributed by atoms with Gasteiger partial charge in [0.2, 0.25) is 0 Å². The molecule has 2 aromatic rings. The first-order chi connectivity index (χ1) is 9.29. The second-order valence-electron chi connectivity index (χ2n) is 4.54. The van der Waals surface area contributed by atoms with Crippen LogP contribution in [0.2, 0.25) is 0 Å². The van der Waals surface area contributed by atoms with E-state index in [9.17, 15) is 0 Å². The molecular formula is C14H17N3O2. The van der Waals surface area contributed by atoms with Gasteiger partial charge < -0.3 is 14.5 Å². The van der Waals surface area contributed by atoms with Crippen LogP contribution in [0.3, 0.4) is 0 Å². The van der Waals surface area contributed by atoms with Crippen molar-refractivity contribution in [3.05, 3.63) is 29.3 Å². The molecule has 0 saturated heterocycles. The highest BCUT2D eigenvalue weighted by molar-refractivity contribution is 5.61. The summed E-state index contributed by atoms with van der Waals surface area (Å²) in [5.41, 5.74) is 3.11. The fourth-order valence-electron chi connectivity index (χ4n) is 2.28. The lowest BCUT2D eigenvalue weighted by Gasteiger charge is -2.19. The molecule has 0 bridgehead atoms. The zero-order valence-corrected chi connectivity index (χ0v) is 11.2. The number of hydrogen-bond donors (Lipinski definition) is 1. The lowest BCUT2D eigenvalue weighted by molar-refractivity contribution is 0.109. The van der Waals surface area contributed by atoms with Crippen LogP contribution in [0.1, 0.15) is 23.9 Å². The lowest BCUT2D eigenvalue weighted by atomic mass is 10.1. The van der Waals surface area contributed by atoms with Crippen molar-refractivity contribution in [3.8, 4) is 11.4 Å². The third-order valence-corrected chi connectivity index (χ3v) is 3.27. The maximum atomic E-state index is 5.50. The number of anilines is 1. The average Bonchev–Trinajstić information content (AvgIpc) is 2.85. The third-order valence-electron chi connectivity index (χ3n) is 3.27. The molecule has 1 aliphatic heterocycles. The van der Waals surface area contributed by atoms with Gasteiger partial charge in [-0.05, 0) is 19.9 Å². The van der Waals surface area contributed by atoms with E-state index in [1.54, 1.807) is 6.26 Å². The van der Waals surface area contributed by atoms with Crippen LogP contribution >= 0.6 is 0 Å². The summed E-state index contributed by atoms with van der Waals surface area (Å²) in [5.74, 6) is 2.44. The largest absolute Gasteiger partial charge is 0.469 e. The van der Waals surface area contributed by atoms with Gasteiger partial charge in [0.15, 0.2) is 5.82 Å². The molecule has 1 N–H and O–H groups in total. The van der Waals surface area contributed by atoms with Crippen molar-refractivity contribution < 1.29 is 9.15 Å². The first-order valence-electron chi connectivity index (χ1n) is 6.55. The van der Waals surface area contributed by atoms with Crippen LogP contribution in [0.15, 0.2) is 16.7 Å². The molecule has 0 aliphatic carbocycles. The van der Waals surface area contributed by atoms with Crippen molar-refractivity contribution in [2.75, 3.05) is 18.5 Å². The number of rotatable bonds is 3. The number of ether oxygens (including phenoxy) is 1. The van der Waals surface area contributed by atoms with Gasteiger partial charge >= 0.3 is 0 Å². The molecule has 0 amide bonds. The molecular weight excluding hydrogens is 242 g/mol. The van der Waals surface area contributed by atoms with E-state index < -0.39 is 0 Å². The van der Waals surface area contributed by atoms with Gasteiger partial charge in [-0.3, -0.25) is 0 Å². The highest BCUT2D eigenvalue weighted by Crippen LogP contribution is 2.27. The van der Waals surface area contributed by atoms with Crippen molar-refractivity contribution >= 4 is 5.82 Å². The second kappa shape index (κ2) is 5.01. The van der Waals surface area contributed by atoms with Crippen molar-refractivity contribution in [2.45, 2.75) is 26.9 Å². The van der Waals surface area contributed by atoms with Crippen LogP contribution in [-0.4, -0.2) is 23.1 Å². The molecule has 0 unspecified atom stereocenters. The molecule has 5 nitrogen and oxygen atoms in total. The Morgan fingerprint density at radius 3 is 3.00 bits per heavy atom. The molecule has 0 radical (unpaired) electrons. The minimum Gasteiger partial charge on any atom is -0.469 e. The molecule has 5 heteroatoms. The van der Waals surface area contributed by atoms with E-state index in [1.165, 1.54) is 0 Å². The molecule has 19 heavy (non-hydrogen) atoms. The summed E-state index contributed by atoms with van der Waals surface area (Å²) in [7, 11) is 0. The summed E-state index contributed by atoms with van der Waals surface area (Å²) in [5, 5.41) is 3.30. The van der Waals surface area contributed by atoms with Crippen molar-refractivity contribution in [1.82, 2.24) is 9.97 Å². The van der Waals surface area contributed by atoms with Gasteiger partial charge in [0.25, 0.3) is 0 Å². The standard InChI is InChI=1S/C14H17N3O2/c1-3-15-13-11-8-18-6-5-12(11)16-14(17-13)10-4-7-19-9(10)2/h4,7H,3,5-6,8H2,1-2H3,(H,15,16,17). The monoisotopic (exact) mass is 259 g/mol. The van der Waals surface area contributed by atoms with Crippen LogP contribution in [0.5, 0.6) is 0 Å². The van der Waals surface area contributed by atoms with E-state index in [4.69, 9.17) is 9.15 Å². The first kappa shape index (κ1) is 12.2. The van der Waals surface area contributed by atoms with Crippen LogP contribution in [0.25, 0.3) is 11.4 Å². The molecule has 0 atom stereocenters. The van der Waals surface area contributed by atoms with E-state index in [0.29, 0.717) is 6.61 Å². The molecule has 3 rings (SSSR count). The Morgan fingerprint density at radius 2 is 2.26 bits per heavy atom. The smallest absolute Gasteiger partial charge is 0.165 e. The Labute approximate surface area is 112 Å². The molecule has 0 saturated carbocycles. The van der Waals surface area contributed by atoms with Gasteiger partial charge in [-0.25, -0.2) is 9.97 Å². The minimum atomic E-state index is 0.586.